The van der Waals surface area contributed by atoms with E-state index < -0.39 is 27.0 Å². The highest BCUT2D eigenvalue weighted by Crippen LogP contribution is 2.28. The third kappa shape index (κ3) is 4.77. The molecule has 0 fully saturated rings. The lowest BCUT2D eigenvalue weighted by atomic mass is 10.2. The van der Waals surface area contributed by atoms with Gasteiger partial charge in [0.05, 0.1) is 9.95 Å². The molecule has 1 amide bonds. The van der Waals surface area contributed by atoms with Crippen molar-refractivity contribution in [2.24, 2.45) is 0 Å². The second-order valence-corrected chi connectivity index (χ2v) is 8.43. The van der Waals surface area contributed by atoms with Gasteiger partial charge in [0.1, 0.15) is 4.90 Å². The largest absolute Gasteiger partial charge is 0.474 e. The molecule has 0 aliphatic carbocycles. The molecule has 11 heteroatoms. The molecule has 2 rings (SSSR count). The Morgan fingerprint density at radius 3 is 2.50 bits per heavy atom. The average Bonchev–Trinajstić information content (AvgIpc) is 2.63. The number of benzene rings is 2. The van der Waals surface area contributed by atoms with Crippen molar-refractivity contribution in [2.75, 3.05) is 19.4 Å². The highest BCUT2D eigenvalue weighted by Gasteiger charge is 2.23. The molecule has 1 atom stereocenters. The van der Waals surface area contributed by atoms with Crippen molar-refractivity contribution in [1.82, 2.24) is 4.31 Å². The molecule has 0 bridgehead atoms. The number of carbonyl (C=O) groups excluding carboxylic acids is 1. The van der Waals surface area contributed by atoms with E-state index in [0.717, 1.165) is 4.31 Å². The summed E-state index contributed by atoms with van der Waals surface area (Å²) < 4.78 is 31.0. The van der Waals surface area contributed by atoms with Gasteiger partial charge in [-0.2, -0.15) is 0 Å². The van der Waals surface area contributed by atoms with Gasteiger partial charge in [0.25, 0.3) is 5.91 Å². The number of halogens is 1. The lowest BCUT2D eigenvalue weighted by Gasteiger charge is -2.16. The summed E-state index contributed by atoms with van der Waals surface area (Å²) in [6.07, 6.45) is -1.08. The van der Waals surface area contributed by atoms with Gasteiger partial charge in [-0.3, -0.25) is 14.9 Å². The van der Waals surface area contributed by atoms with Crippen molar-refractivity contribution >= 4 is 38.9 Å². The topological polar surface area (TPSA) is 119 Å². The van der Waals surface area contributed by atoms with E-state index in [4.69, 9.17) is 16.3 Å². The minimum Gasteiger partial charge on any atom is -0.474 e. The van der Waals surface area contributed by atoms with Gasteiger partial charge in [-0.15, -0.1) is 0 Å². The Morgan fingerprint density at radius 2 is 1.89 bits per heavy atom. The number of nitro groups is 1. The molecule has 9 nitrogen and oxygen atoms in total. The summed E-state index contributed by atoms with van der Waals surface area (Å²) in [5.41, 5.74) is -0.0826. The summed E-state index contributed by atoms with van der Waals surface area (Å²) in [5, 5.41) is 13.6. The minimum absolute atomic E-state index is 0.0101. The van der Waals surface area contributed by atoms with Crippen LogP contribution in [0, 0.1) is 10.1 Å². The molecule has 1 unspecified atom stereocenters. The number of nitrogens with zero attached hydrogens (tertiary/aromatic N) is 2. The molecule has 150 valence electrons. The summed E-state index contributed by atoms with van der Waals surface area (Å²) >= 11 is 5.97. The summed E-state index contributed by atoms with van der Waals surface area (Å²) in [6, 6.07) is 9.69. The third-order valence-corrected chi connectivity index (χ3v) is 5.99. The first-order valence-electron chi connectivity index (χ1n) is 7.97. The zero-order valence-electron chi connectivity index (χ0n) is 15.2. The lowest BCUT2D eigenvalue weighted by Crippen LogP contribution is -2.30. The van der Waals surface area contributed by atoms with Crippen LogP contribution >= 0.6 is 11.6 Å². The van der Waals surface area contributed by atoms with E-state index in [2.05, 4.69) is 5.32 Å². The Hall–Kier alpha value is -2.69. The van der Waals surface area contributed by atoms with Crippen molar-refractivity contribution in [3.05, 3.63) is 57.6 Å². The molecule has 0 heterocycles. The molecule has 28 heavy (non-hydrogen) atoms. The molecular formula is C17H18ClN3O6S. The monoisotopic (exact) mass is 427 g/mol. The smallest absolute Gasteiger partial charge is 0.310 e. The van der Waals surface area contributed by atoms with Crippen LogP contribution in [0.15, 0.2) is 47.4 Å². The molecular weight excluding hydrogens is 410 g/mol. The SMILES string of the molecule is CC(Oc1ccccc1[N+](=O)[O-])C(=O)Nc1ccc(Cl)c(S(=O)(=O)N(C)C)c1. The standard InChI is InChI=1S/C17H18ClN3O6S/c1-11(27-15-7-5-4-6-14(15)21(23)24)17(22)19-12-8-9-13(18)16(10-12)28(25,26)20(2)3/h4-11H,1-3H3,(H,19,22). The van der Waals surface area contributed by atoms with Gasteiger partial charge in [-0.05, 0) is 31.2 Å². The number of rotatable bonds is 7. The highest BCUT2D eigenvalue weighted by molar-refractivity contribution is 7.89. The van der Waals surface area contributed by atoms with Gasteiger partial charge in [-0.1, -0.05) is 23.7 Å². The average molecular weight is 428 g/mol. The van der Waals surface area contributed by atoms with E-state index in [-0.39, 0.29) is 27.0 Å². The predicted octanol–water partition coefficient (Wildman–Crippen LogP) is 2.90. The summed E-state index contributed by atoms with van der Waals surface area (Å²) in [6.45, 7) is 1.42. The fourth-order valence-corrected chi connectivity index (χ4v) is 3.56. The van der Waals surface area contributed by atoms with Crippen LogP contribution in [0.2, 0.25) is 5.02 Å². The van der Waals surface area contributed by atoms with Crippen LogP contribution in [0.1, 0.15) is 6.92 Å². The fraction of sp³-hybridized carbons (Fsp3) is 0.235. The van der Waals surface area contributed by atoms with Gasteiger partial charge in [0, 0.05) is 25.8 Å². The number of hydrogen-bond acceptors (Lipinski definition) is 6. The van der Waals surface area contributed by atoms with Crippen LogP contribution in [0.25, 0.3) is 0 Å². The second kappa shape index (κ2) is 8.55. The van der Waals surface area contributed by atoms with E-state index >= 15 is 0 Å². The van der Waals surface area contributed by atoms with Crippen LogP contribution < -0.4 is 10.1 Å². The molecule has 0 saturated heterocycles. The zero-order valence-corrected chi connectivity index (χ0v) is 16.8. The quantitative estimate of drug-likeness (QED) is 0.536. The molecule has 0 radical (unpaired) electrons. The normalized spacial score (nSPS) is 12.5. The van der Waals surface area contributed by atoms with Crippen molar-refractivity contribution in [2.45, 2.75) is 17.9 Å². The molecule has 2 aromatic rings. The predicted molar refractivity (Wildman–Crippen MR) is 104 cm³/mol. The van der Waals surface area contributed by atoms with Crippen molar-refractivity contribution in [3.8, 4) is 5.75 Å². The Labute approximate surface area is 167 Å². The van der Waals surface area contributed by atoms with Crippen LogP contribution in [0.5, 0.6) is 5.75 Å². The minimum atomic E-state index is -3.81. The fourth-order valence-electron chi connectivity index (χ4n) is 2.17. The number of carbonyl (C=O) groups is 1. The molecule has 0 spiro atoms. The molecule has 0 saturated carbocycles. The van der Waals surface area contributed by atoms with Crippen LogP contribution in [0.3, 0.4) is 0 Å². The number of anilines is 1. The van der Waals surface area contributed by atoms with E-state index in [0.29, 0.717) is 0 Å². The highest BCUT2D eigenvalue weighted by atomic mass is 35.5. The molecule has 0 aliphatic heterocycles. The van der Waals surface area contributed by atoms with Crippen LogP contribution in [-0.2, 0) is 14.8 Å². The number of nitrogens with one attached hydrogen (secondary N) is 1. The Kier molecular flexibility index (Phi) is 6.60. The molecule has 2 aromatic carbocycles. The molecule has 0 aromatic heterocycles. The lowest BCUT2D eigenvalue weighted by molar-refractivity contribution is -0.386. The molecule has 1 N–H and O–H groups in total. The van der Waals surface area contributed by atoms with Gasteiger partial charge in [0.15, 0.2) is 11.9 Å². The van der Waals surface area contributed by atoms with Gasteiger partial charge in [0.2, 0.25) is 10.0 Å². The first-order chi connectivity index (χ1) is 13.0. The number of para-hydroxylation sites is 2. The number of sulfonamides is 1. The number of ether oxygens (including phenoxy) is 1. The van der Waals surface area contributed by atoms with E-state index in [1.807, 2.05) is 0 Å². The first-order valence-corrected chi connectivity index (χ1v) is 9.79. The van der Waals surface area contributed by atoms with Gasteiger partial charge in [-0.25, -0.2) is 12.7 Å². The van der Waals surface area contributed by atoms with Gasteiger partial charge >= 0.3 is 5.69 Å². The maximum Gasteiger partial charge on any atom is 0.310 e. The van der Waals surface area contributed by atoms with E-state index in [1.54, 1.807) is 6.07 Å². The second-order valence-electron chi connectivity index (χ2n) is 5.91. The maximum absolute atomic E-state index is 12.4. The van der Waals surface area contributed by atoms with Crippen LogP contribution in [0.4, 0.5) is 11.4 Å². The number of amides is 1. The van der Waals surface area contributed by atoms with Crippen LogP contribution in [-0.4, -0.2) is 43.8 Å². The van der Waals surface area contributed by atoms with Gasteiger partial charge < -0.3 is 10.1 Å². The first kappa shape index (κ1) is 21.6. The van der Waals surface area contributed by atoms with Crippen molar-refractivity contribution in [3.63, 3.8) is 0 Å². The van der Waals surface area contributed by atoms with E-state index in [9.17, 15) is 23.3 Å². The summed E-state index contributed by atoms with van der Waals surface area (Å²) in [5.74, 6) is -0.671. The number of hydrogen-bond donors (Lipinski definition) is 1. The number of nitro benzene ring substituents is 1. The maximum atomic E-state index is 12.4. The Bertz CT molecular complexity index is 1010. The Balaban J connectivity index is 2.20. The summed E-state index contributed by atoms with van der Waals surface area (Å²) in [4.78, 5) is 22.6. The van der Waals surface area contributed by atoms with E-state index in [1.165, 1.54) is 57.4 Å². The Morgan fingerprint density at radius 1 is 1.25 bits per heavy atom. The van der Waals surface area contributed by atoms with Crippen molar-refractivity contribution < 1.29 is 22.9 Å². The molecule has 0 aliphatic rings. The third-order valence-electron chi connectivity index (χ3n) is 3.69. The zero-order chi connectivity index (χ0) is 21.1. The van der Waals surface area contributed by atoms with Crippen molar-refractivity contribution in [1.29, 1.82) is 0 Å². The summed E-state index contributed by atoms with van der Waals surface area (Å²) in [7, 11) is -1.08.